The van der Waals surface area contributed by atoms with Crippen LogP contribution in [0, 0.1) is 0 Å². The monoisotopic (exact) mass is 409 g/mol. The van der Waals surface area contributed by atoms with Gasteiger partial charge in [-0.15, -0.1) is 0 Å². The van der Waals surface area contributed by atoms with Crippen molar-refractivity contribution in [3.8, 4) is 0 Å². The fraction of sp³-hybridized carbons (Fsp3) is 0.333. The number of piperazine rings is 1. The van der Waals surface area contributed by atoms with Crippen molar-refractivity contribution in [2.75, 3.05) is 31.1 Å². The van der Waals surface area contributed by atoms with E-state index in [2.05, 4.69) is 4.98 Å². The van der Waals surface area contributed by atoms with Gasteiger partial charge in [0.2, 0.25) is 0 Å². The van der Waals surface area contributed by atoms with Crippen molar-refractivity contribution >= 4 is 45.6 Å². The maximum Gasteiger partial charge on any atom is 0.427 e. The summed E-state index contributed by atoms with van der Waals surface area (Å²) in [6.45, 7) is 1.47. The molecule has 4 nitrogen and oxygen atoms in total. The van der Waals surface area contributed by atoms with Gasteiger partial charge in [0, 0.05) is 26.2 Å². The Hall–Kier alpha value is -1.51. The summed E-state index contributed by atoms with van der Waals surface area (Å²) in [5, 5.41) is 0.847. The number of hydrogen-bond donors (Lipinski definition) is 0. The number of amides is 1. The number of nitrogens with zero attached hydrogens (tertiary/aromatic N) is 3. The average Bonchev–Trinajstić information content (AvgIpc) is 3.05. The number of alkyl halides is 3. The van der Waals surface area contributed by atoms with E-state index in [0.717, 1.165) is 6.20 Å². The third-order valence-corrected chi connectivity index (χ3v) is 5.52. The minimum atomic E-state index is -4.39. The summed E-state index contributed by atoms with van der Waals surface area (Å²) in [6.07, 6.45) is -3.56. The third kappa shape index (κ3) is 3.86. The maximum absolute atomic E-state index is 12.7. The molecule has 1 fully saturated rings. The zero-order valence-corrected chi connectivity index (χ0v) is 15.0. The normalized spacial score (nSPS) is 15.6. The Morgan fingerprint density at radius 1 is 1.12 bits per heavy atom. The van der Waals surface area contributed by atoms with Gasteiger partial charge in [0.15, 0.2) is 5.13 Å². The molecule has 10 heteroatoms. The second kappa shape index (κ2) is 7.01. The SMILES string of the molecule is O=C(c1c(Cl)cccc1Cl)N1CCN(c2ncc(C(F)(F)F)s2)CC1. The molecule has 2 heterocycles. The summed E-state index contributed by atoms with van der Waals surface area (Å²) in [5.74, 6) is -0.287. The molecule has 0 unspecified atom stereocenters. The molecule has 25 heavy (non-hydrogen) atoms. The second-order valence-corrected chi connectivity index (χ2v) is 7.20. The fourth-order valence-corrected chi connectivity index (χ4v) is 3.90. The van der Waals surface area contributed by atoms with E-state index in [1.54, 1.807) is 28.0 Å². The third-order valence-electron chi connectivity index (χ3n) is 3.79. The van der Waals surface area contributed by atoms with Gasteiger partial charge in [0.1, 0.15) is 4.88 Å². The molecule has 0 radical (unpaired) electrons. The van der Waals surface area contributed by atoms with Crippen LogP contribution in [0.4, 0.5) is 18.3 Å². The summed E-state index contributed by atoms with van der Waals surface area (Å²) in [7, 11) is 0. The molecule has 1 amide bonds. The lowest BCUT2D eigenvalue weighted by Crippen LogP contribution is -2.48. The number of aromatic nitrogens is 1. The van der Waals surface area contributed by atoms with Gasteiger partial charge in [0.05, 0.1) is 21.8 Å². The van der Waals surface area contributed by atoms with Crippen LogP contribution < -0.4 is 4.90 Å². The molecular formula is C15H12Cl2F3N3OS. The molecule has 2 aromatic rings. The van der Waals surface area contributed by atoms with Gasteiger partial charge < -0.3 is 9.80 Å². The Morgan fingerprint density at radius 2 is 1.72 bits per heavy atom. The Morgan fingerprint density at radius 3 is 2.24 bits per heavy atom. The van der Waals surface area contributed by atoms with Gasteiger partial charge in [-0.2, -0.15) is 13.2 Å². The number of carbonyl (C=O) groups is 1. The van der Waals surface area contributed by atoms with E-state index in [1.807, 2.05) is 0 Å². The summed E-state index contributed by atoms with van der Waals surface area (Å²) >= 11 is 12.7. The fourth-order valence-electron chi connectivity index (χ4n) is 2.50. The van der Waals surface area contributed by atoms with Gasteiger partial charge in [-0.05, 0) is 12.1 Å². The number of halogens is 5. The summed E-state index contributed by atoms with van der Waals surface area (Å²) in [6, 6.07) is 4.83. The Bertz CT molecular complexity index is 768. The van der Waals surface area contributed by atoms with Crippen LogP contribution in [0.5, 0.6) is 0 Å². The van der Waals surface area contributed by atoms with Crippen molar-refractivity contribution in [3.63, 3.8) is 0 Å². The van der Waals surface area contributed by atoms with Crippen LogP contribution in [0.15, 0.2) is 24.4 Å². The van der Waals surface area contributed by atoms with Crippen LogP contribution in [-0.2, 0) is 6.18 Å². The van der Waals surface area contributed by atoms with Crippen LogP contribution in [0.3, 0.4) is 0 Å². The first-order valence-corrected chi connectivity index (χ1v) is 8.86. The van der Waals surface area contributed by atoms with E-state index in [-0.39, 0.29) is 21.5 Å². The highest BCUT2D eigenvalue weighted by Gasteiger charge is 2.34. The van der Waals surface area contributed by atoms with E-state index < -0.39 is 11.1 Å². The first-order valence-electron chi connectivity index (χ1n) is 7.28. The van der Waals surface area contributed by atoms with Crippen molar-refractivity contribution in [3.05, 3.63) is 44.9 Å². The molecule has 0 aliphatic carbocycles. The summed E-state index contributed by atoms with van der Waals surface area (Å²) in [4.78, 5) is 19.0. The number of benzene rings is 1. The lowest BCUT2D eigenvalue weighted by Gasteiger charge is -2.34. The molecule has 3 rings (SSSR count). The van der Waals surface area contributed by atoms with Crippen LogP contribution in [0.2, 0.25) is 10.0 Å². The molecule has 0 N–H and O–H groups in total. The minimum Gasteiger partial charge on any atom is -0.345 e. The number of rotatable bonds is 2. The van der Waals surface area contributed by atoms with E-state index in [9.17, 15) is 18.0 Å². The highest BCUT2D eigenvalue weighted by atomic mass is 35.5. The van der Waals surface area contributed by atoms with E-state index in [0.29, 0.717) is 42.6 Å². The first kappa shape index (κ1) is 18.3. The van der Waals surface area contributed by atoms with Crippen molar-refractivity contribution < 1.29 is 18.0 Å². The van der Waals surface area contributed by atoms with Crippen molar-refractivity contribution in [1.29, 1.82) is 0 Å². The van der Waals surface area contributed by atoms with Crippen LogP contribution >= 0.6 is 34.5 Å². The van der Waals surface area contributed by atoms with E-state index >= 15 is 0 Å². The highest BCUT2D eigenvalue weighted by Crippen LogP contribution is 2.36. The highest BCUT2D eigenvalue weighted by molar-refractivity contribution is 7.15. The van der Waals surface area contributed by atoms with Gasteiger partial charge >= 0.3 is 6.18 Å². The average molecular weight is 410 g/mol. The predicted molar refractivity (Wildman–Crippen MR) is 91.7 cm³/mol. The molecule has 1 saturated heterocycles. The molecule has 134 valence electrons. The zero-order valence-electron chi connectivity index (χ0n) is 12.7. The van der Waals surface area contributed by atoms with Crippen molar-refractivity contribution in [2.45, 2.75) is 6.18 Å². The number of carbonyl (C=O) groups excluding carboxylic acids is 1. The molecule has 0 atom stereocenters. The van der Waals surface area contributed by atoms with Gasteiger partial charge in [0.25, 0.3) is 5.91 Å². The van der Waals surface area contributed by atoms with Gasteiger partial charge in [-0.25, -0.2) is 4.98 Å². The molecule has 0 spiro atoms. The van der Waals surface area contributed by atoms with Crippen molar-refractivity contribution in [1.82, 2.24) is 9.88 Å². The number of anilines is 1. The molecule has 1 aromatic heterocycles. The zero-order chi connectivity index (χ0) is 18.2. The standard InChI is InChI=1S/C15H12Cl2F3N3OS/c16-9-2-1-3-10(17)12(9)13(24)22-4-6-23(7-5-22)14-21-8-11(25-14)15(18,19)20/h1-3,8H,4-7H2. The number of hydrogen-bond acceptors (Lipinski definition) is 4. The van der Waals surface area contributed by atoms with E-state index in [1.165, 1.54) is 0 Å². The topological polar surface area (TPSA) is 36.4 Å². The summed E-state index contributed by atoms with van der Waals surface area (Å²) < 4.78 is 38.0. The van der Waals surface area contributed by atoms with Crippen LogP contribution in [-0.4, -0.2) is 42.0 Å². The number of thiazole rings is 1. The minimum absolute atomic E-state index is 0.243. The van der Waals surface area contributed by atoms with Crippen LogP contribution in [0.25, 0.3) is 0 Å². The largest absolute Gasteiger partial charge is 0.427 e. The first-order chi connectivity index (χ1) is 11.8. The lowest BCUT2D eigenvalue weighted by atomic mass is 10.2. The predicted octanol–water partition coefficient (Wildman–Crippen LogP) is 4.43. The van der Waals surface area contributed by atoms with E-state index in [4.69, 9.17) is 23.2 Å². The Kier molecular flexibility index (Phi) is 5.13. The second-order valence-electron chi connectivity index (χ2n) is 5.38. The smallest absolute Gasteiger partial charge is 0.345 e. The molecule has 1 aliphatic rings. The summed E-state index contributed by atoms with van der Waals surface area (Å²) in [5.41, 5.74) is 0.243. The van der Waals surface area contributed by atoms with Crippen LogP contribution in [0.1, 0.15) is 15.2 Å². The molecule has 0 bridgehead atoms. The molecular weight excluding hydrogens is 398 g/mol. The maximum atomic E-state index is 12.7. The van der Waals surface area contributed by atoms with Gasteiger partial charge in [-0.1, -0.05) is 40.6 Å². The Labute approximate surface area is 155 Å². The quantitative estimate of drug-likeness (QED) is 0.735. The Balaban J connectivity index is 1.68. The van der Waals surface area contributed by atoms with Gasteiger partial charge in [-0.3, -0.25) is 4.79 Å². The molecule has 1 aliphatic heterocycles. The molecule has 1 aromatic carbocycles. The lowest BCUT2D eigenvalue weighted by molar-refractivity contribution is -0.134. The molecule has 0 saturated carbocycles. The van der Waals surface area contributed by atoms with Crippen molar-refractivity contribution in [2.24, 2.45) is 0 Å².